The Balaban J connectivity index is 2.13. The van der Waals surface area contributed by atoms with Crippen LogP contribution >= 0.6 is 23.5 Å². The predicted octanol–water partition coefficient (Wildman–Crippen LogP) is 3.31. The topological polar surface area (TPSA) is 61.2 Å². The van der Waals surface area contributed by atoms with Crippen molar-refractivity contribution in [3.05, 3.63) is 46.4 Å². The second kappa shape index (κ2) is 7.66. The summed E-state index contributed by atoms with van der Waals surface area (Å²) in [6, 6.07) is 9.43. The molecule has 1 aliphatic heterocycles. The monoisotopic (exact) mass is 376 g/mol. The fourth-order valence-electron chi connectivity index (χ4n) is 2.74. The Kier molecular flexibility index (Phi) is 5.54. The number of carbonyl (C=O) groups excluding carboxylic acids is 1. The Labute approximate surface area is 155 Å². The number of esters is 1. The molecule has 2 heterocycles. The van der Waals surface area contributed by atoms with E-state index in [2.05, 4.69) is 6.92 Å². The fraction of sp³-hybridized carbons (Fsp3) is 0.389. The van der Waals surface area contributed by atoms with Crippen LogP contribution in [0.4, 0.5) is 0 Å². The van der Waals surface area contributed by atoms with Gasteiger partial charge in [-0.05, 0) is 18.6 Å². The summed E-state index contributed by atoms with van der Waals surface area (Å²) < 4.78 is 6.49. The van der Waals surface area contributed by atoms with Crippen molar-refractivity contribution >= 4 is 29.5 Å². The van der Waals surface area contributed by atoms with Gasteiger partial charge >= 0.3 is 5.97 Å². The van der Waals surface area contributed by atoms with Crippen LogP contribution in [-0.4, -0.2) is 33.1 Å². The number of aromatic nitrogens is 2. The molecule has 132 valence electrons. The number of carbonyl (C=O) groups is 1. The Morgan fingerprint density at radius 2 is 2.16 bits per heavy atom. The molecule has 0 aliphatic carbocycles. The third kappa shape index (κ3) is 3.62. The first-order valence-corrected chi connectivity index (χ1v) is 9.93. The van der Waals surface area contributed by atoms with E-state index in [0.717, 1.165) is 17.8 Å². The van der Waals surface area contributed by atoms with Crippen molar-refractivity contribution in [2.24, 2.45) is 0 Å². The first-order chi connectivity index (χ1) is 12.0. The van der Waals surface area contributed by atoms with Crippen LogP contribution in [0.15, 0.2) is 45.2 Å². The molecule has 0 unspecified atom stereocenters. The second-order valence-corrected chi connectivity index (χ2v) is 8.44. The molecule has 3 rings (SSSR count). The third-order valence-corrected chi connectivity index (χ3v) is 6.49. The SMILES string of the molecule is CC[C@@H](Sc1nc2c(c(=O)n1-c1ccccc1)S[C@@H](C)C2)C(=O)OC. The number of para-hydroxylation sites is 1. The Bertz CT molecular complexity index is 836. The third-order valence-electron chi connectivity index (χ3n) is 3.98. The van der Waals surface area contributed by atoms with Crippen molar-refractivity contribution in [3.8, 4) is 5.69 Å². The number of ether oxygens (including phenoxy) is 1. The minimum Gasteiger partial charge on any atom is -0.468 e. The molecule has 0 radical (unpaired) electrons. The van der Waals surface area contributed by atoms with Crippen LogP contribution in [0.5, 0.6) is 0 Å². The first-order valence-electron chi connectivity index (χ1n) is 8.17. The van der Waals surface area contributed by atoms with Gasteiger partial charge in [0.25, 0.3) is 5.56 Å². The van der Waals surface area contributed by atoms with Gasteiger partial charge in [0.2, 0.25) is 0 Å². The summed E-state index contributed by atoms with van der Waals surface area (Å²) in [5.74, 6) is -0.301. The normalized spacial score (nSPS) is 17.2. The summed E-state index contributed by atoms with van der Waals surface area (Å²) in [4.78, 5) is 30.6. The van der Waals surface area contributed by atoms with Gasteiger partial charge in [0.1, 0.15) is 5.25 Å². The molecule has 0 fully saturated rings. The van der Waals surface area contributed by atoms with Crippen molar-refractivity contribution in [1.29, 1.82) is 0 Å². The van der Waals surface area contributed by atoms with Gasteiger partial charge in [0.15, 0.2) is 5.16 Å². The highest BCUT2D eigenvalue weighted by Crippen LogP contribution is 2.35. The molecule has 0 bridgehead atoms. The van der Waals surface area contributed by atoms with Gasteiger partial charge in [-0.15, -0.1) is 11.8 Å². The van der Waals surface area contributed by atoms with E-state index in [1.165, 1.54) is 18.9 Å². The Morgan fingerprint density at radius 3 is 2.80 bits per heavy atom. The number of benzene rings is 1. The molecule has 0 spiro atoms. The Hall–Kier alpha value is -1.73. The van der Waals surface area contributed by atoms with Crippen molar-refractivity contribution in [2.45, 2.75) is 47.2 Å². The van der Waals surface area contributed by atoms with E-state index in [0.29, 0.717) is 21.7 Å². The maximum atomic E-state index is 13.1. The van der Waals surface area contributed by atoms with E-state index in [4.69, 9.17) is 9.72 Å². The summed E-state index contributed by atoms with van der Waals surface area (Å²) in [5, 5.41) is 0.487. The molecule has 1 aliphatic rings. The van der Waals surface area contributed by atoms with E-state index in [1.54, 1.807) is 16.3 Å². The summed E-state index contributed by atoms with van der Waals surface area (Å²) in [5.41, 5.74) is 1.52. The number of thioether (sulfide) groups is 2. The lowest BCUT2D eigenvalue weighted by Gasteiger charge is -2.17. The molecule has 2 atom stereocenters. The number of rotatable bonds is 5. The molecule has 1 aromatic carbocycles. The van der Waals surface area contributed by atoms with Gasteiger partial charge in [-0.25, -0.2) is 4.98 Å². The Morgan fingerprint density at radius 1 is 1.44 bits per heavy atom. The molecule has 7 heteroatoms. The van der Waals surface area contributed by atoms with Crippen LogP contribution in [0, 0.1) is 0 Å². The lowest BCUT2D eigenvalue weighted by Crippen LogP contribution is -2.26. The van der Waals surface area contributed by atoms with Crippen LogP contribution in [0.2, 0.25) is 0 Å². The highest BCUT2D eigenvalue weighted by molar-refractivity contribution is 8.00. The van der Waals surface area contributed by atoms with E-state index in [9.17, 15) is 9.59 Å². The highest BCUT2D eigenvalue weighted by atomic mass is 32.2. The molecule has 5 nitrogen and oxygen atoms in total. The van der Waals surface area contributed by atoms with Crippen LogP contribution in [-0.2, 0) is 16.0 Å². The lowest BCUT2D eigenvalue weighted by molar-refractivity contribution is -0.140. The summed E-state index contributed by atoms with van der Waals surface area (Å²) in [7, 11) is 1.38. The number of hydrogen-bond donors (Lipinski definition) is 0. The summed E-state index contributed by atoms with van der Waals surface area (Å²) in [6.45, 7) is 4.01. The average Bonchev–Trinajstić information content (AvgIpc) is 3.00. The van der Waals surface area contributed by atoms with E-state index >= 15 is 0 Å². The van der Waals surface area contributed by atoms with Gasteiger partial charge in [-0.2, -0.15) is 0 Å². The van der Waals surface area contributed by atoms with Crippen LogP contribution in [0.1, 0.15) is 26.0 Å². The zero-order valence-corrected chi connectivity index (χ0v) is 16.0. The molecule has 1 aromatic heterocycles. The molecule has 0 N–H and O–H groups in total. The molecule has 0 saturated carbocycles. The van der Waals surface area contributed by atoms with Gasteiger partial charge in [0, 0.05) is 11.7 Å². The molecule has 0 amide bonds. The average molecular weight is 377 g/mol. The zero-order chi connectivity index (χ0) is 18.0. The standard InChI is InChI=1S/C18H20N2O3S2/c1-4-14(17(22)23-3)25-18-19-13-10-11(2)24-15(13)16(21)20(18)12-8-6-5-7-9-12/h5-9,11,14H,4,10H2,1-3H3/t11-,14+/m0/s1. The maximum Gasteiger partial charge on any atom is 0.319 e. The smallest absolute Gasteiger partial charge is 0.319 e. The molecule has 25 heavy (non-hydrogen) atoms. The highest BCUT2D eigenvalue weighted by Gasteiger charge is 2.29. The van der Waals surface area contributed by atoms with E-state index < -0.39 is 5.25 Å². The predicted molar refractivity (Wildman–Crippen MR) is 101 cm³/mol. The minimum atomic E-state index is -0.392. The van der Waals surface area contributed by atoms with E-state index in [-0.39, 0.29) is 11.5 Å². The quantitative estimate of drug-likeness (QED) is 0.453. The van der Waals surface area contributed by atoms with Gasteiger partial charge in [-0.3, -0.25) is 14.2 Å². The summed E-state index contributed by atoms with van der Waals surface area (Å²) in [6.07, 6.45) is 1.37. The number of hydrogen-bond acceptors (Lipinski definition) is 6. The molecule has 0 saturated heterocycles. The van der Waals surface area contributed by atoms with Crippen LogP contribution in [0.25, 0.3) is 5.69 Å². The molecular weight excluding hydrogens is 356 g/mol. The largest absolute Gasteiger partial charge is 0.468 e. The van der Waals surface area contributed by atoms with Crippen molar-refractivity contribution in [1.82, 2.24) is 9.55 Å². The molecular formula is C18H20N2O3S2. The molecule has 2 aromatic rings. The van der Waals surface area contributed by atoms with Crippen molar-refractivity contribution in [2.75, 3.05) is 7.11 Å². The van der Waals surface area contributed by atoms with E-state index in [1.807, 2.05) is 37.3 Å². The number of methoxy groups -OCH3 is 1. The van der Waals surface area contributed by atoms with Crippen molar-refractivity contribution in [3.63, 3.8) is 0 Å². The fourth-order valence-corrected chi connectivity index (χ4v) is 4.91. The van der Waals surface area contributed by atoms with Gasteiger partial charge in [0.05, 0.1) is 23.4 Å². The zero-order valence-electron chi connectivity index (χ0n) is 14.4. The van der Waals surface area contributed by atoms with Gasteiger partial charge < -0.3 is 4.74 Å². The lowest BCUT2D eigenvalue weighted by atomic mass is 10.2. The van der Waals surface area contributed by atoms with Crippen molar-refractivity contribution < 1.29 is 9.53 Å². The number of fused-ring (bicyclic) bond motifs is 1. The number of nitrogens with zero attached hydrogens (tertiary/aromatic N) is 2. The maximum absolute atomic E-state index is 13.1. The van der Waals surface area contributed by atoms with Crippen LogP contribution < -0.4 is 5.56 Å². The second-order valence-electron chi connectivity index (χ2n) is 5.82. The first kappa shape index (κ1) is 18.1. The van der Waals surface area contributed by atoms with Crippen LogP contribution in [0.3, 0.4) is 0 Å². The summed E-state index contributed by atoms with van der Waals surface area (Å²) >= 11 is 2.87. The van der Waals surface area contributed by atoms with Gasteiger partial charge in [-0.1, -0.05) is 43.8 Å². The minimum absolute atomic E-state index is 0.0623.